The number of carbonyl (C=O) groups excluding carboxylic acids is 2. The zero-order valence-electron chi connectivity index (χ0n) is 13.3. The minimum atomic E-state index is 0.0681. The molecule has 0 spiro atoms. The van der Waals surface area contributed by atoms with Crippen LogP contribution in [0.4, 0.5) is 0 Å². The summed E-state index contributed by atoms with van der Waals surface area (Å²) in [6.45, 7) is 11.0. The number of nitrogens with zero attached hydrogens (tertiary/aromatic N) is 2. The summed E-state index contributed by atoms with van der Waals surface area (Å²) in [4.78, 5) is 26.9. The van der Waals surface area contributed by atoms with Gasteiger partial charge < -0.3 is 9.80 Å². The van der Waals surface area contributed by atoms with Gasteiger partial charge in [0.05, 0.1) is 0 Å². The topological polar surface area (TPSA) is 40.6 Å². The van der Waals surface area contributed by atoms with E-state index in [0.29, 0.717) is 26.2 Å². The van der Waals surface area contributed by atoms with E-state index in [2.05, 4.69) is 26.8 Å². The highest BCUT2D eigenvalue weighted by Gasteiger charge is 2.23. The summed E-state index contributed by atoms with van der Waals surface area (Å²) in [6, 6.07) is 6.08. The monoisotopic (exact) mass is 288 g/mol. The first-order chi connectivity index (χ1) is 9.82. The van der Waals surface area contributed by atoms with Gasteiger partial charge in [0, 0.05) is 31.7 Å². The first kappa shape index (κ1) is 15.5. The number of rotatable bonds is 2. The van der Waals surface area contributed by atoms with E-state index >= 15 is 0 Å². The molecule has 0 radical (unpaired) electrons. The molecular formula is C17H24N2O2. The van der Waals surface area contributed by atoms with E-state index in [-0.39, 0.29) is 11.3 Å². The lowest BCUT2D eigenvalue weighted by Crippen LogP contribution is -2.48. The van der Waals surface area contributed by atoms with Crippen LogP contribution in [-0.2, 0) is 10.2 Å². The van der Waals surface area contributed by atoms with Gasteiger partial charge in [0.1, 0.15) is 0 Å². The number of hydrogen-bond acceptors (Lipinski definition) is 2. The van der Waals surface area contributed by atoms with E-state index in [0.717, 1.165) is 17.5 Å². The number of piperazine rings is 1. The van der Waals surface area contributed by atoms with Crippen molar-refractivity contribution < 1.29 is 9.59 Å². The first-order valence-electron chi connectivity index (χ1n) is 7.42. The smallest absolute Gasteiger partial charge is 0.254 e. The Labute approximate surface area is 126 Å². The van der Waals surface area contributed by atoms with Crippen LogP contribution in [0.5, 0.6) is 0 Å². The maximum Gasteiger partial charge on any atom is 0.254 e. The highest BCUT2D eigenvalue weighted by Crippen LogP contribution is 2.25. The van der Waals surface area contributed by atoms with Gasteiger partial charge in [-0.1, -0.05) is 32.9 Å². The Morgan fingerprint density at radius 3 is 2.24 bits per heavy atom. The zero-order chi connectivity index (χ0) is 15.6. The summed E-state index contributed by atoms with van der Waals surface area (Å²) < 4.78 is 0. The lowest BCUT2D eigenvalue weighted by molar-refractivity contribution is -0.119. The molecule has 1 aliphatic rings. The second-order valence-corrected chi connectivity index (χ2v) is 6.71. The molecule has 21 heavy (non-hydrogen) atoms. The van der Waals surface area contributed by atoms with E-state index in [1.165, 1.54) is 5.56 Å². The number of benzene rings is 1. The number of hydrogen-bond donors (Lipinski definition) is 0. The van der Waals surface area contributed by atoms with E-state index in [1.54, 1.807) is 4.90 Å². The third-order valence-corrected chi connectivity index (χ3v) is 4.07. The van der Waals surface area contributed by atoms with E-state index in [9.17, 15) is 9.59 Å². The van der Waals surface area contributed by atoms with Gasteiger partial charge in [0.25, 0.3) is 5.91 Å². The Kier molecular flexibility index (Phi) is 4.35. The van der Waals surface area contributed by atoms with Crippen molar-refractivity contribution in [2.24, 2.45) is 0 Å². The average Bonchev–Trinajstić information content (AvgIpc) is 2.45. The largest absolute Gasteiger partial charge is 0.342 e. The molecule has 0 atom stereocenters. The molecule has 1 aromatic carbocycles. The minimum absolute atomic E-state index is 0.0681. The molecule has 0 aliphatic carbocycles. The van der Waals surface area contributed by atoms with Crippen LogP contribution in [0.2, 0.25) is 0 Å². The van der Waals surface area contributed by atoms with Crippen molar-refractivity contribution in [3.05, 3.63) is 34.9 Å². The van der Waals surface area contributed by atoms with Crippen LogP contribution < -0.4 is 0 Å². The van der Waals surface area contributed by atoms with Crippen molar-refractivity contribution in [2.45, 2.75) is 33.1 Å². The second kappa shape index (κ2) is 5.88. The SMILES string of the molecule is Cc1cc(C(C)(C)C)ccc1C(=O)N1CCN(C=O)CC1. The molecule has 1 saturated heterocycles. The Morgan fingerprint density at radius 1 is 1.14 bits per heavy atom. The molecule has 0 aromatic heterocycles. The van der Waals surface area contributed by atoms with Gasteiger partial charge in [-0.25, -0.2) is 0 Å². The summed E-state index contributed by atoms with van der Waals surface area (Å²) in [5.41, 5.74) is 3.11. The maximum atomic E-state index is 12.6. The van der Waals surface area contributed by atoms with Gasteiger partial charge in [-0.3, -0.25) is 9.59 Å². The first-order valence-corrected chi connectivity index (χ1v) is 7.42. The van der Waals surface area contributed by atoms with Gasteiger partial charge in [-0.05, 0) is 29.5 Å². The lowest BCUT2D eigenvalue weighted by Gasteiger charge is -2.33. The van der Waals surface area contributed by atoms with Crippen molar-refractivity contribution in [2.75, 3.05) is 26.2 Å². The van der Waals surface area contributed by atoms with E-state index in [1.807, 2.05) is 24.0 Å². The predicted molar refractivity (Wildman–Crippen MR) is 83.4 cm³/mol. The molecule has 1 aromatic rings. The highest BCUT2D eigenvalue weighted by molar-refractivity contribution is 5.95. The molecule has 4 nitrogen and oxygen atoms in total. The molecule has 2 amide bonds. The van der Waals surface area contributed by atoms with E-state index < -0.39 is 0 Å². The summed E-state index contributed by atoms with van der Waals surface area (Å²) in [6.07, 6.45) is 0.852. The quantitative estimate of drug-likeness (QED) is 0.783. The van der Waals surface area contributed by atoms with Crippen molar-refractivity contribution in [1.29, 1.82) is 0 Å². The third-order valence-electron chi connectivity index (χ3n) is 4.07. The van der Waals surface area contributed by atoms with Crippen LogP contribution in [0.25, 0.3) is 0 Å². The highest BCUT2D eigenvalue weighted by atomic mass is 16.2. The van der Waals surface area contributed by atoms with Crippen LogP contribution in [0, 0.1) is 6.92 Å². The number of aryl methyl sites for hydroxylation is 1. The van der Waals surface area contributed by atoms with Gasteiger partial charge in [0.15, 0.2) is 0 Å². The molecule has 1 heterocycles. The Hall–Kier alpha value is -1.84. The summed E-state index contributed by atoms with van der Waals surface area (Å²) >= 11 is 0. The molecule has 0 saturated carbocycles. The van der Waals surface area contributed by atoms with Crippen LogP contribution >= 0.6 is 0 Å². The molecule has 0 unspecified atom stereocenters. The van der Waals surface area contributed by atoms with Crippen molar-refractivity contribution >= 4 is 12.3 Å². The van der Waals surface area contributed by atoms with Crippen molar-refractivity contribution in [3.63, 3.8) is 0 Å². The summed E-state index contributed by atoms with van der Waals surface area (Å²) in [5, 5.41) is 0. The minimum Gasteiger partial charge on any atom is -0.342 e. The van der Waals surface area contributed by atoms with Crippen LogP contribution in [-0.4, -0.2) is 48.3 Å². The number of amides is 2. The van der Waals surface area contributed by atoms with Crippen LogP contribution in [0.1, 0.15) is 42.3 Å². The van der Waals surface area contributed by atoms with Gasteiger partial charge in [-0.15, -0.1) is 0 Å². The van der Waals surface area contributed by atoms with Crippen LogP contribution in [0.3, 0.4) is 0 Å². The fourth-order valence-corrected chi connectivity index (χ4v) is 2.57. The Morgan fingerprint density at radius 2 is 1.76 bits per heavy atom. The van der Waals surface area contributed by atoms with Crippen molar-refractivity contribution in [3.8, 4) is 0 Å². The molecule has 1 fully saturated rings. The standard InChI is InChI=1S/C17H24N2O2/c1-13-11-14(17(2,3)4)5-6-15(13)16(21)19-9-7-18(12-20)8-10-19/h5-6,11-12H,7-10H2,1-4H3. The van der Waals surface area contributed by atoms with Gasteiger partial charge >= 0.3 is 0 Å². The predicted octanol–water partition coefficient (Wildman–Crippen LogP) is 2.21. The zero-order valence-corrected chi connectivity index (χ0v) is 13.3. The molecule has 0 N–H and O–H groups in total. The summed E-state index contributed by atoms with van der Waals surface area (Å²) in [7, 11) is 0. The Bertz CT molecular complexity index is 538. The van der Waals surface area contributed by atoms with Crippen molar-refractivity contribution in [1.82, 2.24) is 9.80 Å². The number of carbonyl (C=O) groups is 2. The molecule has 2 rings (SSSR count). The molecule has 1 aliphatic heterocycles. The summed E-state index contributed by atoms with van der Waals surface area (Å²) in [5.74, 6) is 0.0681. The Balaban J connectivity index is 2.15. The second-order valence-electron chi connectivity index (χ2n) is 6.71. The maximum absolute atomic E-state index is 12.6. The van der Waals surface area contributed by atoms with E-state index in [4.69, 9.17) is 0 Å². The average molecular weight is 288 g/mol. The fraction of sp³-hybridized carbons (Fsp3) is 0.529. The molecule has 0 bridgehead atoms. The van der Waals surface area contributed by atoms with Gasteiger partial charge in [0.2, 0.25) is 6.41 Å². The lowest BCUT2D eigenvalue weighted by atomic mass is 9.85. The fourth-order valence-electron chi connectivity index (χ4n) is 2.57. The normalized spacial score (nSPS) is 16.0. The molecular weight excluding hydrogens is 264 g/mol. The molecule has 114 valence electrons. The molecule has 4 heteroatoms. The van der Waals surface area contributed by atoms with Crippen LogP contribution in [0.15, 0.2) is 18.2 Å². The third kappa shape index (κ3) is 3.43. The van der Waals surface area contributed by atoms with Gasteiger partial charge in [-0.2, -0.15) is 0 Å².